The molecule has 0 aromatic heterocycles. The summed E-state index contributed by atoms with van der Waals surface area (Å²) in [6.07, 6.45) is 1.61. The lowest BCUT2D eigenvalue weighted by molar-refractivity contribution is 0.0351. The average Bonchev–Trinajstić information content (AvgIpc) is 2.46. The lowest BCUT2D eigenvalue weighted by atomic mass is 9.92. The van der Waals surface area contributed by atoms with E-state index in [0.29, 0.717) is 0 Å². The topological polar surface area (TPSA) is 44.7 Å². The molecule has 2 N–H and O–H groups in total. The van der Waals surface area contributed by atoms with E-state index in [2.05, 4.69) is 30.1 Å². The highest BCUT2D eigenvalue weighted by atomic mass is 16.5. The molecule has 1 atom stereocenters. The van der Waals surface area contributed by atoms with Crippen LogP contribution in [0.2, 0.25) is 0 Å². The van der Waals surface area contributed by atoms with Gasteiger partial charge in [-0.3, -0.25) is 0 Å². The van der Waals surface area contributed by atoms with Gasteiger partial charge in [-0.05, 0) is 45.4 Å². The Hall–Kier alpha value is -1.26. The number of anilines is 1. The number of rotatable bonds is 5. The summed E-state index contributed by atoms with van der Waals surface area (Å²) in [6, 6.07) is 6.46. The minimum Gasteiger partial charge on any atom is -0.496 e. The minimum absolute atomic E-state index is 0.239. The Bertz CT molecular complexity index is 464. The minimum atomic E-state index is -0.525. The molecule has 1 aliphatic heterocycles. The van der Waals surface area contributed by atoms with Gasteiger partial charge in [0.2, 0.25) is 0 Å². The van der Waals surface area contributed by atoms with Crippen molar-refractivity contribution in [1.82, 2.24) is 5.32 Å². The van der Waals surface area contributed by atoms with Crippen LogP contribution in [0.5, 0.6) is 5.75 Å². The lowest BCUT2D eigenvalue weighted by Gasteiger charge is -2.38. The summed E-state index contributed by atoms with van der Waals surface area (Å²) >= 11 is 0. The van der Waals surface area contributed by atoms with Crippen molar-refractivity contribution >= 4 is 5.69 Å². The first-order valence-corrected chi connectivity index (χ1v) is 7.86. The molecule has 1 fully saturated rings. The van der Waals surface area contributed by atoms with Crippen molar-refractivity contribution < 1.29 is 9.84 Å². The molecule has 2 rings (SSSR count). The van der Waals surface area contributed by atoms with Crippen molar-refractivity contribution in [3.05, 3.63) is 23.8 Å². The molecule has 4 nitrogen and oxygen atoms in total. The summed E-state index contributed by atoms with van der Waals surface area (Å²) in [5.41, 5.74) is 1.91. The average molecular weight is 292 g/mol. The highest BCUT2D eigenvalue weighted by molar-refractivity contribution is 5.61. The molecule has 0 spiro atoms. The highest BCUT2D eigenvalue weighted by Crippen LogP contribution is 2.36. The number of hydrogen-bond donors (Lipinski definition) is 2. The second-order valence-electron chi connectivity index (χ2n) is 6.16. The first-order valence-electron chi connectivity index (χ1n) is 7.86. The summed E-state index contributed by atoms with van der Waals surface area (Å²) in [4.78, 5) is 2.36. The highest BCUT2D eigenvalue weighted by Gasteiger charge is 2.29. The number of nitrogens with zero attached hydrogens (tertiary/aromatic N) is 1. The van der Waals surface area contributed by atoms with Crippen LogP contribution in [-0.2, 0) is 0 Å². The molecule has 0 bridgehead atoms. The summed E-state index contributed by atoms with van der Waals surface area (Å²) in [7, 11) is 1.72. The Balaban J connectivity index is 2.30. The maximum atomic E-state index is 10.1. The molecule has 118 valence electrons. The molecule has 1 aromatic carbocycles. The van der Waals surface area contributed by atoms with E-state index < -0.39 is 5.60 Å². The molecule has 21 heavy (non-hydrogen) atoms. The number of benzene rings is 1. The molecule has 0 amide bonds. The van der Waals surface area contributed by atoms with E-state index in [-0.39, 0.29) is 6.04 Å². The van der Waals surface area contributed by atoms with Crippen molar-refractivity contribution in [2.75, 3.05) is 31.6 Å². The maximum Gasteiger partial charge on any atom is 0.125 e. The first-order chi connectivity index (χ1) is 9.98. The Labute approximate surface area is 128 Å². The lowest BCUT2D eigenvalue weighted by Crippen LogP contribution is -2.43. The van der Waals surface area contributed by atoms with Crippen molar-refractivity contribution in [3.8, 4) is 5.75 Å². The number of methoxy groups -OCH3 is 1. The normalized spacial score (nSPS) is 19.4. The number of nitrogens with one attached hydrogen (secondary N) is 1. The molecule has 1 aromatic rings. The number of ether oxygens (including phenoxy) is 1. The Morgan fingerprint density at radius 1 is 1.38 bits per heavy atom. The quantitative estimate of drug-likeness (QED) is 0.876. The van der Waals surface area contributed by atoms with Gasteiger partial charge in [-0.15, -0.1) is 0 Å². The van der Waals surface area contributed by atoms with Gasteiger partial charge in [0.25, 0.3) is 0 Å². The number of aliphatic hydroxyl groups is 1. The smallest absolute Gasteiger partial charge is 0.125 e. The zero-order chi connectivity index (χ0) is 15.5. The number of piperidine rings is 1. The third-order valence-corrected chi connectivity index (χ3v) is 4.39. The Morgan fingerprint density at radius 2 is 2.05 bits per heavy atom. The van der Waals surface area contributed by atoms with Gasteiger partial charge in [-0.2, -0.15) is 0 Å². The van der Waals surface area contributed by atoms with Crippen LogP contribution in [0.25, 0.3) is 0 Å². The van der Waals surface area contributed by atoms with Gasteiger partial charge in [0.1, 0.15) is 5.75 Å². The summed E-state index contributed by atoms with van der Waals surface area (Å²) in [6.45, 7) is 8.90. The van der Waals surface area contributed by atoms with Crippen LogP contribution in [0.1, 0.15) is 45.2 Å². The van der Waals surface area contributed by atoms with Crippen LogP contribution in [0.3, 0.4) is 0 Å². The van der Waals surface area contributed by atoms with Gasteiger partial charge in [-0.25, -0.2) is 0 Å². The third-order valence-electron chi connectivity index (χ3n) is 4.39. The summed E-state index contributed by atoms with van der Waals surface area (Å²) < 4.78 is 5.57. The third kappa shape index (κ3) is 3.69. The molecule has 4 heteroatoms. The van der Waals surface area contributed by atoms with Gasteiger partial charge >= 0.3 is 0 Å². The zero-order valence-electron chi connectivity index (χ0n) is 13.6. The number of hydrogen-bond acceptors (Lipinski definition) is 4. The van der Waals surface area contributed by atoms with Crippen molar-refractivity contribution in [2.24, 2.45) is 0 Å². The second-order valence-corrected chi connectivity index (χ2v) is 6.16. The van der Waals surface area contributed by atoms with Gasteiger partial charge in [0.05, 0.1) is 12.7 Å². The van der Waals surface area contributed by atoms with Crippen LogP contribution in [0, 0.1) is 0 Å². The summed E-state index contributed by atoms with van der Waals surface area (Å²) in [5.74, 6) is 0.929. The fourth-order valence-corrected chi connectivity index (χ4v) is 3.06. The Kier molecular flexibility index (Phi) is 5.12. The molecule has 0 aliphatic carbocycles. The van der Waals surface area contributed by atoms with Gasteiger partial charge in [0, 0.05) is 30.4 Å². The van der Waals surface area contributed by atoms with E-state index in [4.69, 9.17) is 4.74 Å². The van der Waals surface area contributed by atoms with Crippen LogP contribution in [0.4, 0.5) is 5.69 Å². The monoisotopic (exact) mass is 292 g/mol. The molecular weight excluding hydrogens is 264 g/mol. The van der Waals surface area contributed by atoms with E-state index >= 15 is 0 Å². The molecular formula is C17H28N2O2. The van der Waals surface area contributed by atoms with Crippen LogP contribution < -0.4 is 15.0 Å². The van der Waals surface area contributed by atoms with Crippen molar-refractivity contribution in [3.63, 3.8) is 0 Å². The van der Waals surface area contributed by atoms with Gasteiger partial charge in [0.15, 0.2) is 0 Å². The predicted molar refractivity (Wildman–Crippen MR) is 87.2 cm³/mol. The van der Waals surface area contributed by atoms with E-state index in [0.717, 1.165) is 38.2 Å². The SMILES string of the molecule is CCNC(C)c1c(OC)cccc1N1CCC(C)(O)CC1. The van der Waals surface area contributed by atoms with E-state index in [1.165, 1.54) is 11.3 Å². The first kappa shape index (κ1) is 16.1. The molecule has 1 aliphatic rings. The Morgan fingerprint density at radius 3 is 2.62 bits per heavy atom. The molecule has 1 unspecified atom stereocenters. The van der Waals surface area contributed by atoms with Gasteiger partial charge < -0.3 is 20.1 Å². The van der Waals surface area contributed by atoms with E-state index in [9.17, 15) is 5.11 Å². The van der Waals surface area contributed by atoms with Gasteiger partial charge in [-0.1, -0.05) is 13.0 Å². The summed E-state index contributed by atoms with van der Waals surface area (Å²) in [5, 5.41) is 13.6. The largest absolute Gasteiger partial charge is 0.496 e. The fourth-order valence-electron chi connectivity index (χ4n) is 3.06. The van der Waals surface area contributed by atoms with E-state index in [1.807, 2.05) is 19.1 Å². The van der Waals surface area contributed by atoms with Crippen LogP contribution in [-0.4, -0.2) is 37.5 Å². The fraction of sp³-hybridized carbons (Fsp3) is 0.647. The predicted octanol–water partition coefficient (Wildman–Crippen LogP) is 2.72. The second kappa shape index (κ2) is 6.67. The maximum absolute atomic E-state index is 10.1. The standard InChI is InChI=1S/C17H28N2O2/c1-5-18-13(2)16-14(7-6-8-15(16)21-4)19-11-9-17(3,20)10-12-19/h6-8,13,18,20H,5,9-12H2,1-4H3. The van der Waals surface area contributed by atoms with Crippen molar-refractivity contribution in [1.29, 1.82) is 0 Å². The zero-order valence-corrected chi connectivity index (χ0v) is 13.6. The molecule has 0 saturated carbocycles. The molecule has 0 radical (unpaired) electrons. The van der Waals surface area contributed by atoms with Crippen molar-refractivity contribution in [2.45, 2.75) is 45.3 Å². The van der Waals surface area contributed by atoms with E-state index in [1.54, 1.807) is 7.11 Å². The van der Waals surface area contributed by atoms with Crippen LogP contribution in [0.15, 0.2) is 18.2 Å². The molecule has 1 heterocycles. The molecule has 1 saturated heterocycles. The van der Waals surface area contributed by atoms with Crippen LogP contribution >= 0.6 is 0 Å².